The monoisotopic (exact) mass is 372 g/mol. The second-order valence-electron chi connectivity index (χ2n) is 5.04. The molecule has 0 saturated heterocycles. The van der Waals surface area contributed by atoms with Gasteiger partial charge in [0, 0.05) is 36.8 Å². The van der Waals surface area contributed by atoms with Crippen LogP contribution in [0.5, 0.6) is 5.75 Å². The van der Waals surface area contributed by atoms with E-state index in [1.807, 2.05) is 14.1 Å². The normalized spacial score (nSPS) is 12.0. The van der Waals surface area contributed by atoms with Crippen LogP contribution in [0.1, 0.15) is 17.4 Å². The van der Waals surface area contributed by atoms with Gasteiger partial charge in [-0.15, -0.1) is 0 Å². The molecule has 1 heterocycles. The van der Waals surface area contributed by atoms with Gasteiger partial charge < -0.3 is 14.6 Å². The summed E-state index contributed by atoms with van der Waals surface area (Å²) in [6, 6.07) is 4.69. The number of alkyl halides is 2. The molecule has 1 aromatic heterocycles. The molecule has 0 amide bonds. The molecule has 2 aromatic rings. The number of ketones is 1. The van der Waals surface area contributed by atoms with Crippen LogP contribution in [0.15, 0.2) is 34.4 Å². The lowest BCUT2D eigenvalue weighted by atomic mass is 10.1. The van der Waals surface area contributed by atoms with E-state index in [9.17, 15) is 13.6 Å². The third kappa shape index (κ3) is 3.65. The zero-order valence-corrected chi connectivity index (χ0v) is 13.9. The van der Waals surface area contributed by atoms with Crippen molar-refractivity contribution in [2.24, 2.45) is 0 Å². The average molecular weight is 373 g/mol. The van der Waals surface area contributed by atoms with Gasteiger partial charge in [-0.3, -0.25) is 4.79 Å². The van der Waals surface area contributed by atoms with Gasteiger partial charge in [0.05, 0.1) is 10.2 Å². The van der Waals surface area contributed by atoms with Gasteiger partial charge in [-0.2, -0.15) is 8.78 Å². The van der Waals surface area contributed by atoms with Crippen molar-refractivity contribution < 1.29 is 18.3 Å². The summed E-state index contributed by atoms with van der Waals surface area (Å²) in [7, 11) is 3.65. The maximum atomic E-state index is 12.3. The molecule has 4 nitrogen and oxygen atoms in total. The molecule has 0 spiro atoms. The number of nitrogens with zero attached hydrogens (tertiary/aromatic N) is 1. The van der Waals surface area contributed by atoms with Gasteiger partial charge in [0.1, 0.15) is 5.75 Å². The van der Waals surface area contributed by atoms with Crippen LogP contribution in [0.2, 0.25) is 0 Å². The highest BCUT2D eigenvalue weighted by Crippen LogP contribution is 2.32. The minimum Gasteiger partial charge on any atom is -0.434 e. The van der Waals surface area contributed by atoms with E-state index in [2.05, 4.69) is 25.7 Å². The Morgan fingerprint density at radius 3 is 2.64 bits per heavy atom. The Labute approximate surface area is 134 Å². The molecule has 0 bridgehead atoms. The molecule has 118 valence electrons. The van der Waals surface area contributed by atoms with Crippen LogP contribution >= 0.6 is 15.9 Å². The van der Waals surface area contributed by atoms with Gasteiger partial charge in [0.15, 0.2) is 0 Å². The smallest absolute Gasteiger partial charge is 0.387 e. The lowest BCUT2D eigenvalue weighted by molar-refractivity contribution is -0.0502. The van der Waals surface area contributed by atoms with E-state index in [1.165, 1.54) is 6.07 Å². The average Bonchev–Trinajstić information content (AvgIpc) is 2.79. The molecule has 2 rings (SSSR count). The van der Waals surface area contributed by atoms with E-state index in [-0.39, 0.29) is 11.5 Å². The van der Waals surface area contributed by atoms with Crippen LogP contribution in [0.25, 0.3) is 10.9 Å². The number of carbonyl (C=O) groups excluding carboxylic acids is 1. The minimum absolute atomic E-state index is 0.0288. The molecule has 0 aliphatic rings. The molecule has 7 heteroatoms. The van der Waals surface area contributed by atoms with Crippen LogP contribution in [0, 0.1) is 0 Å². The van der Waals surface area contributed by atoms with Crippen molar-refractivity contribution >= 4 is 32.6 Å². The Bertz CT molecular complexity index is 738. The SMILES string of the molecule is C/C(=C\N(C)C)C(=O)c1cc2cc(OC(F)F)c(Br)cc2[nH]1. The van der Waals surface area contributed by atoms with E-state index in [4.69, 9.17) is 0 Å². The van der Waals surface area contributed by atoms with Crippen molar-refractivity contribution in [1.29, 1.82) is 0 Å². The molecule has 22 heavy (non-hydrogen) atoms. The highest BCUT2D eigenvalue weighted by molar-refractivity contribution is 9.10. The summed E-state index contributed by atoms with van der Waals surface area (Å²) in [5.74, 6) is -0.126. The van der Waals surface area contributed by atoms with Crippen molar-refractivity contribution in [2.45, 2.75) is 13.5 Å². The molecule has 0 aliphatic carbocycles. The summed E-state index contributed by atoms with van der Waals surface area (Å²) in [6.07, 6.45) is 1.72. The summed E-state index contributed by atoms with van der Waals surface area (Å²) < 4.78 is 29.5. The first-order valence-corrected chi connectivity index (χ1v) is 7.24. The van der Waals surface area contributed by atoms with Gasteiger partial charge in [-0.25, -0.2) is 0 Å². The molecule has 0 unspecified atom stereocenters. The highest BCUT2D eigenvalue weighted by atomic mass is 79.9. The number of allylic oxidation sites excluding steroid dienone is 1. The summed E-state index contributed by atoms with van der Waals surface area (Å²) in [5.41, 5.74) is 1.63. The fraction of sp³-hybridized carbons (Fsp3) is 0.267. The quantitative estimate of drug-likeness (QED) is 0.632. The molecule has 0 radical (unpaired) electrons. The molecular formula is C15H15BrF2N2O2. The Hall–Kier alpha value is -1.89. The Balaban J connectivity index is 2.40. The largest absolute Gasteiger partial charge is 0.434 e. The van der Waals surface area contributed by atoms with E-state index in [0.29, 0.717) is 26.6 Å². The first-order chi connectivity index (χ1) is 10.3. The van der Waals surface area contributed by atoms with Crippen molar-refractivity contribution in [3.63, 3.8) is 0 Å². The molecule has 0 saturated carbocycles. The minimum atomic E-state index is -2.90. The zero-order chi connectivity index (χ0) is 16.4. The summed E-state index contributed by atoms with van der Waals surface area (Å²) >= 11 is 3.17. The number of H-pyrrole nitrogens is 1. The van der Waals surface area contributed by atoms with Gasteiger partial charge in [-0.05, 0) is 41.1 Å². The number of hydrogen-bond donors (Lipinski definition) is 1. The number of hydrogen-bond acceptors (Lipinski definition) is 3. The first kappa shape index (κ1) is 16.5. The second-order valence-corrected chi connectivity index (χ2v) is 5.89. The number of nitrogens with one attached hydrogen (secondary N) is 1. The van der Waals surface area contributed by atoms with Gasteiger partial charge >= 0.3 is 6.61 Å². The number of Topliss-reactive ketones (excluding diaryl/α,β-unsaturated/α-hetero) is 1. The fourth-order valence-electron chi connectivity index (χ4n) is 2.10. The predicted molar refractivity (Wildman–Crippen MR) is 84.4 cm³/mol. The Morgan fingerprint density at radius 2 is 2.05 bits per heavy atom. The standard InChI is InChI=1S/C15H15BrF2N2O2/c1-8(7-20(2)3)14(21)12-4-9-5-13(22-15(17)18)10(16)6-11(9)19-12/h4-7,15,19H,1-3H3/b8-7+. The van der Waals surface area contributed by atoms with E-state index in [1.54, 1.807) is 30.2 Å². The van der Waals surface area contributed by atoms with Crippen LogP contribution in [0.4, 0.5) is 8.78 Å². The Morgan fingerprint density at radius 1 is 1.36 bits per heavy atom. The molecule has 0 fully saturated rings. The maximum Gasteiger partial charge on any atom is 0.387 e. The molecular weight excluding hydrogens is 358 g/mol. The van der Waals surface area contributed by atoms with E-state index >= 15 is 0 Å². The van der Waals surface area contributed by atoms with Crippen LogP contribution in [-0.2, 0) is 0 Å². The number of rotatable bonds is 5. The third-order valence-corrected chi connectivity index (χ3v) is 3.56. The number of benzene rings is 1. The van der Waals surface area contributed by atoms with Gasteiger partial charge in [0.25, 0.3) is 0 Å². The van der Waals surface area contributed by atoms with Crippen molar-refractivity contribution in [3.05, 3.63) is 40.1 Å². The number of fused-ring (bicyclic) bond motifs is 1. The third-order valence-electron chi connectivity index (χ3n) is 2.94. The summed E-state index contributed by atoms with van der Waals surface area (Å²) in [6.45, 7) is -1.19. The molecule has 0 aliphatic heterocycles. The van der Waals surface area contributed by atoms with Crippen LogP contribution < -0.4 is 4.74 Å². The van der Waals surface area contributed by atoms with Crippen LogP contribution in [-0.4, -0.2) is 36.4 Å². The molecule has 1 aromatic carbocycles. The number of halogens is 3. The Kier molecular flexibility index (Phi) is 4.85. The molecule has 1 N–H and O–H groups in total. The van der Waals surface area contributed by atoms with E-state index in [0.717, 1.165) is 0 Å². The fourth-order valence-corrected chi connectivity index (χ4v) is 2.54. The highest BCUT2D eigenvalue weighted by Gasteiger charge is 2.15. The predicted octanol–water partition coefficient (Wildman–Crippen LogP) is 4.18. The van der Waals surface area contributed by atoms with E-state index < -0.39 is 6.61 Å². The van der Waals surface area contributed by atoms with Crippen LogP contribution in [0.3, 0.4) is 0 Å². The zero-order valence-electron chi connectivity index (χ0n) is 12.3. The first-order valence-electron chi connectivity index (χ1n) is 6.44. The van der Waals surface area contributed by atoms with Gasteiger partial charge in [0.2, 0.25) is 5.78 Å². The van der Waals surface area contributed by atoms with Crippen molar-refractivity contribution in [1.82, 2.24) is 9.88 Å². The van der Waals surface area contributed by atoms with Crippen molar-refractivity contribution in [3.8, 4) is 5.75 Å². The second kappa shape index (κ2) is 6.48. The number of aromatic nitrogens is 1. The molecule has 0 atom stereocenters. The maximum absolute atomic E-state index is 12.3. The van der Waals surface area contributed by atoms with Crippen molar-refractivity contribution in [2.75, 3.05) is 14.1 Å². The topological polar surface area (TPSA) is 45.3 Å². The summed E-state index contributed by atoms with van der Waals surface area (Å²) in [5, 5.41) is 0.625. The lowest BCUT2D eigenvalue weighted by Crippen LogP contribution is -2.08. The van der Waals surface area contributed by atoms with Gasteiger partial charge in [-0.1, -0.05) is 0 Å². The number of carbonyl (C=O) groups is 1. The number of ether oxygens (including phenoxy) is 1. The summed E-state index contributed by atoms with van der Waals surface area (Å²) in [4.78, 5) is 17.1. The number of aromatic amines is 1. The lowest BCUT2D eigenvalue weighted by Gasteiger charge is -2.06.